The standard InChI is InChI=1S/C9H11IN2O3/c1-15-5-4-12(9(13)14)8-6-11-3-2-7(8)10/h2-3,6H,4-5H2,1H3,(H,13,14). The topological polar surface area (TPSA) is 62.7 Å². The van der Waals surface area contributed by atoms with E-state index < -0.39 is 6.09 Å². The fourth-order valence-corrected chi connectivity index (χ4v) is 1.66. The minimum Gasteiger partial charge on any atom is -0.465 e. The molecule has 1 N–H and O–H groups in total. The summed E-state index contributed by atoms with van der Waals surface area (Å²) in [6.07, 6.45) is 2.16. The molecule has 0 fully saturated rings. The van der Waals surface area contributed by atoms with Gasteiger partial charge in [-0.05, 0) is 28.7 Å². The molecule has 0 atom stereocenters. The summed E-state index contributed by atoms with van der Waals surface area (Å²) in [5.41, 5.74) is 0.586. The lowest BCUT2D eigenvalue weighted by atomic mass is 10.4. The smallest absolute Gasteiger partial charge is 0.411 e. The number of amides is 1. The average molecular weight is 322 g/mol. The van der Waals surface area contributed by atoms with E-state index >= 15 is 0 Å². The number of halogens is 1. The van der Waals surface area contributed by atoms with Gasteiger partial charge in [-0.2, -0.15) is 0 Å². The highest BCUT2D eigenvalue weighted by Gasteiger charge is 2.16. The molecule has 0 aliphatic heterocycles. The third-order valence-electron chi connectivity index (χ3n) is 1.79. The molecular weight excluding hydrogens is 311 g/mol. The number of ether oxygens (including phenoxy) is 1. The average Bonchev–Trinajstić information content (AvgIpc) is 2.20. The summed E-state index contributed by atoms with van der Waals surface area (Å²) in [7, 11) is 1.54. The Morgan fingerprint density at radius 1 is 1.73 bits per heavy atom. The van der Waals surface area contributed by atoms with Gasteiger partial charge in [0.25, 0.3) is 0 Å². The zero-order chi connectivity index (χ0) is 11.3. The summed E-state index contributed by atoms with van der Waals surface area (Å²) in [4.78, 5) is 16.1. The molecule has 82 valence electrons. The lowest BCUT2D eigenvalue weighted by Gasteiger charge is -2.19. The van der Waals surface area contributed by atoms with E-state index in [9.17, 15) is 4.79 Å². The lowest BCUT2D eigenvalue weighted by Crippen LogP contribution is -2.33. The number of methoxy groups -OCH3 is 1. The van der Waals surface area contributed by atoms with Crippen molar-refractivity contribution in [3.63, 3.8) is 0 Å². The van der Waals surface area contributed by atoms with Gasteiger partial charge < -0.3 is 9.84 Å². The second-order valence-corrected chi connectivity index (χ2v) is 3.92. The Balaban J connectivity index is 2.89. The molecular formula is C9H11IN2O3. The van der Waals surface area contributed by atoms with E-state index in [1.54, 1.807) is 12.3 Å². The third-order valence-corrected chi connectivity index (χ3v) is 2.70. The van der Waals surface area contributed by atoms with Crippen LogP contribution < -0.4 is 4.90 Å². The van der Waals surface area contributed by atoms with Crippen molar-refractivity contribution in [2.24, 2.45) is 0 Å². The Kier molecular flexibility index (Phi) is 4.76. The van der Waals surface area contributed by atoms with Gasteiger partial charge in [-0.25, -0.2) is 4.79 Å². The Hall–Kier alpha value is -0.890. The predicted octanol–water partition coefficient (Wildman–Crippen LogP) is 1.82. The van der Waals surface area contributed by atoms with Crippen LogP contribution in [-0.4, -0.2) is 36.4 Å². The molecule has 1 amide bonds. The van der Waals surface area contributed by atoms with E-state index in [2.05, 4.69) is 27.6 Å². The highest BCUT2D eigenvalue weighted by molar-refractivity contribution is 14.1. The van der Waals surface area contributed by atoms with Crippen LogP contribution in [0.3, 0.4) is 0 Å². The van der Waals surface area contributed by atoms with Crippen LogP contribution in [-0.2, 0) is 4.74 Å². The molecule has 1 aromatic heterocycles. The summed E-state index contributed by atoms with van der Waals surface area (Å²) in [5.74, 6) is 0. The van der Waals surface area contributed by atoms with Crippen LogP contribution in [0, 0.1) is 3.57 Å². The van der Waals surface area contributed by atoms with Crippen LogP contribution in [0.4, 0.5) is 10.5 Å². The Morgan fingerprint density at radius 3 is 3.00 bits per heavy atom. The minimum atomic E-state index is -1.00. The Morgan fingerprint density at radius 2 is 2.47 bits per heavy atom. The fourth-order valence-electron chi connectivity index (χ4n) is 1.07. The van der Waals surface area contributed by atoms with Crippen LogP contribution >= 0.6 is 22.6 Å². The molecule has 0 radical (unpaired) electrons. The SMILES string of the molecule is COCCN(C(=O)O)c1cnccc1I. The number of pyridine rings is 1. The van der Waals surface area contributed by atoms with Crippen molar-refractivity contribution < 1.29 is 14.6 Å². The Bertz CT molecular complexity index is 346. The molecule has 15 heavy (non-hydrogen) atoms. The molecule has 0 aliphatic rings. The number of aromatic nitrogens is 1. The first kappa shape index (κ1) is 12.2. The monoisotopic (exact) mass is 322 g/mol. The van der Waals surface area contributed by atoms with Gasteiger partial charge in [0, 0.05) is 16.9 Å². The maximum absolute atomic E-state index is 11.0. The molecule has 1 aromatic rings. The number of carbonyl (C=O) groups is 1. The third kappa shape index (κ3) is 3.31. The number of hydrogen-bond acceptors (Lipinski definition) is 3. The molecule has 0 unspecified atom stereocenters. The van der Waals surface area contributed by atoms with E-state index in [0.717, 1.165) is 3.57 Å². The van der Waals surface area contributed by atoms with Gasteiger partial charge in [-0.15, -0.1) is 0 Å². The molecule has 0 aliphatic carbocycles. The summed E-state index contributed by atoms with van der Waals surface area (Å²) < 4.78 is 5.70. The van der Waals surface area contributed by atoms with Gasteiger partial charge in [0.15, 0.2) is 0 Å². The van der Waals surface area contributed by atoms with E-state index in [-0.39, 0.29) is 0 Å². The van der Waals surface area contributed by atoms with Crippen LogP contribution in [0.2, 0.25) is 0 Å². The van der Waals surface area contributed by atoms with Gasteiger partial charge in [0.1, 0.15) is 0 Å². The van der Waals surface area contributed by atoms with E-state index in [0.29, 0.717) is 18.8 Å². The maximum Gasteiger partial charge on any atom is 0.411 e. The number of rotatable bonds is 4. The number of anilines is 1. The van der Waals surface area contributed by atoms with E-state index in [1.165, 1.54) is 18.2 Å². The van der Waals surface area contributed by atoms with Crippen molar-refractivity contribution in [1.29, 1.82) is 0 Å². The van der Waals surface area contributed by atoms with Gasteiger partial charge in [0.05, 0.1) is 25.0 Å². The molecule has 0 spiro atoms. The summed E-state index contributed by atoms with van der Waals surface area (Å²) in [5, 5.41) is 9.02. The highest BCUT2D eigenvalue weighted by atomic mass is 127. The number of hydrogen-bond donors (Lipinski definition) is 1. The van der Waals surface area contributed by atoms with Crippen LogP contribution in [0.1, 0.15) is 0 Å². The first-order valence-corrected chi connectivity index (χ1v) is 5.33. The highest BCUT2D eigenvalue weighted by Crippen LogP contribution is 2.20. The van der Waals surface area contributed by atoms with E-state index in [1.807, 2.05) is 0 Å². The molecule has 6 heteroatoms. The number of nitrogens with zero attached hydrogens (tertiary/aromatic N) is 2. The maximum atomic E-state index is 11.0. The summed E-state index contributed by atoms with van der Waals surface area (Å²) >= 11 is 2.07. The lowest BCUT2D eigenvalue weighted by molar-refractivity contribution is 0.186. The quantitative estimate of drug-likeness (QED) is 0.859. The normalized spacial score (nSPS) is 10.0. The minimum absolute atomic E-state index is 0.299. The fraction of sp³-hybridized carbons (Fsp3) is 0.333. The molecule has 0 saturated heterocycles. The molecule has 0 bridgehead atoms. The van der Waals surface area contributed by atoms with Gasteiger partial charge in [0.2, 0.25) is 0 Å². The zero-order valence-electron chi connectivity index (χ0n) is 8.18. The Labute approximate surface area is 101 Å². The summed E-state index contributed by atoms with van der Waals surface area (Å²) in [6, 6.07) is 1.76. The van der Waals surface area contributed by atoms with Crippen molar-refractivity contribution in [2.75, 3.05) is 25.2 Å². The van der Waals surface area contributed by atoms with Crippen molar-refractivity contribution in [2.45, 2.75) is 0 Å². The molecule has 1 rings (SSSR count). The molecule has 5 nitrogen and oxygen atoms in total. The van der Waals surface area contributed by atoms with Crippen molar-refractivity contribution >= 4 is 34.4 Å². The van der Waals surface area contributed by atoms with Crippen molar-refractivity contribution in [3.05, 3.63) is 22.0 Å². The first-order valence-electron chi connectivity index (χ1n) is 4.25. The van der Waals surface area contributed by atoms with Crippen LogP contribution in [0.25, 0.3) is 0 Å². The summed E-state index contributed by atoms with van der Waals surface area (Å²) in [6.45, 7) is 0.658. The van der Waals surface area contributed by atoms with Gasteiger partial charge in [-0.1, -0.05) is 0 Å². The van der Waals surface area contributed by atoms with Gasteiger partial charge >= 0.3 is 6.09 Å². The molecule has 0 aromatic carbocycles. The molecule has 0 saturated carbocycles. The number of carboxylic acid groups (broad SMARTS) is 1. The zero-order valence-corrected chi connectivity index (χ0v) is 10.3. The molecule has 1 heterocycles. The predicted molar refractivity (Wildman–Crippen MR) is 64.2 cm³/mol. The largest absolute Gasteiger partial charge is 0.465 e. The van der Waals surface area contributed by atoms with Crippen LogP contribution in [0.15, 0.2) is 18.5 Å². The second-order valence-electron chi connectivity index (χ2n) is 2.75. The van der Waals surface area contributed by atoms with Crippen molar-refractivity contribution in [1.82, 2.24) is 4.98 Å². The van der Waals surface area contributed by atoms with Crippen molar-refractivity contribution in [3.8, 4) is 0 Å². The van der Waals surface area contributed by atoms with Crippen LogP contribution in [0.5, 0.6) is 0 Å². The second kappa shape index (κ2) is 5.86. The van der Waals surface area contributed by atoms with Gasteiger partial charge in [-0.3, -0.25) is 9.88 Å². The van der Waals surface area contributed by atoms with E-state index in [4.69, 9.17) is 9.84 Å². The first-order chi connectivity index (χ1) is 7.16.